The Morgan fingerprint density at radius 3 is 2.73 bits per heavy atom. The Bertz CT molecular complexity index is 720. The fraction of sp³-hybridized carbons (Fsp3) is 0.125. The molecule has 0 atom stereocenters. The van der Waals surface area contributed by atoms with Gasteiger partial charge in [-0.2, -0.15) is 0 Å². The standard InChI is InChI=1S/C16H13NO3S2/c1-19-12-6-4-11(5-7-12)9-14-15(18)17(16(21)22-14)10-13-3-2-8-20-13/h2-9H,10H2,1H3. The predicted molar refractivity (Wildman–Crippen MR) is 90.4 cm³/mol. The molecule has 0 spiro atoms. The van der Waals surface area contributed by atoms with Crippen molar-refractivity contribution in [2.24, 2.45) is 0 Å². The van der Waals surface area contributed by atoms with Crippen LogP contribution < -0.4 is 4.74 Å². The highest BCUT2D eigenvalue weighted by molar-refractivity contribution is 8.26. The number of ether oxygens (including phenoxy) is 1. The molecule has 1 fully saturated rings. The molecule has 0 unspecified atom stereocenters. The van der Waals surface area contributed by atoms with Crippen molar-refractivity contribution in [1.29, 1.82) is 0 Å². The maximum absolute atomic E-state index is 12.5. The summed E-state index contributed by atoms with van der Waals surface area (Å²) in [6.07, 6.45) is 3.42. The van der Waals surface area contributed by atoms with Crippen LogP contribution in [0.3, 0.4) is 0 Å². The van der Waals surface area contributed by atoms with Gasteiger partial charge >= 0.3 is 0 Å². The van der Waals surface area contributed by atoms with Gasteiger partial charge in [0.2, 0.25) is 0 Å². The largest absolute Gasteiger partial charge is 0.497 e. The molecule has 0 radical (unpaired) electrons. The van der Waals surface area contributed by atoms with Crippen LogP contribution in [-0.4, -0.2) is 22.2 Å². The summed E-state index contributed by atoms with van der Waals surface area (Å²) in [4.78, 5) is 14.6. The third-order valence-electron chi connectivity index (χ3n) is 3.18. The molecule has 0 saturated carbocycles. The molecule has 1 aromatic carbocycles. The van der Waals surface area contributed by atoms with Crippen LogP contribution in [0.15, 0.2) is 52.0 Å². The molecule has 0 aliphatic carbocycles. The second-order valence-electron chi connectivity index (χ2n) is 4.62. The first-order chi connectivity index (χ1) is 10.7. The summed E-state index contributed by atoms with van der Waals surface area (Å²) in [5.74, 6) is 1.40. The van der Waals surface area contributed by atoms with Gasteiger partial charge in [0, 0.05) is 0 Å². The minimum absolute atomic E-state index is 0.0952. The zero-order chi connectivity index (χ0) is 15.5. The van der Waals surface area contributed by atoms with Gasteiger partial charge < -0.3 is 9.15 Å². The van der Waals surface area contributed by atoms with E-state index >= 15 is 0 Å². The van der Waals surface area contributed by atoms with Crippen molar-refractivity contribution < 1.29 is 13.9 Å². The Morgan fingerprint density at radius 2 is 2.09 bits per heavy atom. The monoisotopic (exact) mass is 331 g/mol. The first-order valence-electron chi connectivity index (χ1n) is 6.59. The molecule has 1 aliphatic rings. The van der Waals surface area contributed by atoms with Crippen LogP contribution in [0.25, 0.3) is 6.08 Å². The molecule has 1 amide bonds. The van der Waals surface area contributed by atoms with Crippen molar-refractivity contribution in [1.82, 2.24) is 4.90 Å². The van der Waals surface area contributed by atoms with E-state index in [1.165, 1.54) is 11.8 Å². The minimum Gasteiger partial charge on any atom is -0.497 e. The Labute approximate surface area is 137 Å². The molecule has 1 aliphatic heterocycles. The van der Waals surface area contributed by atoms with Gasteiger partial charge in [-0.3, -0.25) is 9.69 Å². The SMILES string of the molecule is COc1ccc(C=C2SC(=S)N(Cc3ccco3)C2=O)cc1. The lowest BCUT2D eigenvalue weighted by atomic mass is 10.2. The van der Waals surface area contributed by atoms with Gasteiger partial charge in [-0.05, 0) is 35.9 Å². The molecule has 4 nitrogen and oxygen atoms in total. The van der Waals surface area contributed by atoms with E-state index < -0.39 is 0 Å². The molecule has 3 rings (SSSR count). The second kappa shape index (κ2) is 6.37. The zero-order valence-electron chi connectivity index (χ0n) is 11.8. The van der Waals surface area contributed by atoms with E-state index in [1.54, 1.807) is 24.3 Å². The lowest BCUT2D eigenvalue weighted by Gasteiger charge is -2.11. The lowest BCUT2D eigenvalue weighted by molar-refractivity contribution is -0.122. The highest BCUT2D eigenvalue weighted by Crippen LogP contribution is 2.33. The zero-order valence-corrected chi connectivity index (χ0v) is 13.4. The molecule has 6 heteroatoms. The first-order valence-corrected chi connectivity index (χ1v) is 7.81. The average molecular weight is 331 g/mol. The van der Waals surface area contributed by atoms with Crippen LogP contribution in [0, 0.1) is 0 Å². The molecule has 1 saturated heterocycles. The Morgan fingerprint density at radius 1 is 1.32 bits per heavy atom. The molecule has 2 aromatic rings. The van der Waals surface area contributed by atoms with Crippen LogP contribution in [0.1, 0.15) is 11.3 Å². The number of methoxy groups -OCH3 is 1. The van der Waals surface area contributed by atoms with Crippen molar-refractivity contribution in [3.8, 4) is 5.75 Å². The summed E-state index contributed by atoms with van der Waals surface area (Å²) in [5.41, 5.74) is 0.930. The van der Waals surface area contributed by atoms with E-state index in [-0.39, 0.29) is 5.91 Å². The number of carbonyl (C=O) groups excluding carboxylic acids is 1. The molecule has 22 heavy (non-hydrogen) atoms. The van der Waals surface area contributed by atoms with E-state index in [4.69, 9.17) is 21.4 Å². The molecular formula is C16H13NO3S2. The maximum Gasteiger partial charge on any atom is 0.266 e. The van der Waals surface area contributed by atoms with Gasteiger partial charge in [-0.15, -0.1) is 0 Å². The fourth-order valence-electron chi connectivity index (χ4n) is 2.05. The van der Waals surface area contributed by atoms with Gasteiger partial charge in [-0.25, -0.2) is 0 Å². The number of amides is 1. The summed E-state index contributed by atoms with van der Waals surface area (Å²) in [6, 6.07) is 11.1. The lowest BCUT2D eigenvalue weighted by Crippen LogP contribution is -2.27. The van der Waals surface area contributed by atoms with Crippen molar-refractivity contribution in [3.63, 3.8) is 0 Å². The number of hydrogen-bond acceptors (Lipinski definition) is 5. The highest BCUT2D eigenvalue weighted by Gasteiger charge is 2.32. The number of furan rings is 1. The number of carbonyl (C=O) groups is 1. The Kier molecular flexibility index (Phi) is 4.31. The number of thioether (sulfide) groups is 1. The van der Waals surface area contributed by atoms with Gasteiger partial charge in [0.25, 0.3) is 5.91 Å². The summed E-state index contributed by atoms with van der Waals surface area (Å²) >= 11 is 6.59. The van der Waals surface area contributed by atoms with E-state index in [2.05, 4.69) is 0 Å². The normalized spacial score (nSPS) is 16.6. The van der Waals surface area contributed by atoms with E-state index in [9.17, 15) is 4.79 Å². The number of rotatable bonds is 4. The van der Waals surface area contributed by atoms with E-state index in [0.29, 0.717) is 21.5 Å². The Hall–Kier alpha value is -2.05. The quantitative estimate of drug-likeness (QED) is 0.631. The minimum atomic E-state index is -0.0952. The van der Waals surface area contributed by atoms with E-state index in [1.807, 2.05) is 36.4 Å². The van der Waals surface area contributed by atoms with Crippen LogP contribution in [-0.2, 0) is 11.3 Å². The third-order valence-corrected chi connectivity index (χ3v) is 4.56. The van der Waals surface area contributed by atoms with Crippen LogP contribution in [0.4, 0.5) is 0 Å². The van der Waals surface area contributed by atoms with Crippen LogP contribution in [0.5, 0.6) is 5.75 Å². The summed E-state index contributed by atoms with van der Waals surface area (Å²) < 4.78 is 10.9. The summed E-state index contributed by atoms with van der Waals surface area (Å²) in [6.45, 7) is 0.359. The van der Waals surface area contributed by atoms with Crippen molar-refractivity contribution >= 4 is 40.3 Å². The van der Waals surface area contributed by atoms with Crippen LogP contribution in [0.2, 0.25) is 0 Å². The number of benzene rings is 1. The van der Waals surface area contributed by atoms with Gasteiger partial charge in [0.05, 0.1) is 24.8 Å². The van der Waals surface area contributed by atoms with Gasteiger partial charge in [-0.1, -0.05) is 36.1 Å². The molecule has 0 bridgehead atoms. The maximum atomic E-state index is 12.5. The van der Waals surface area contributed by atoms with Crippen LogP contribution >= 0.6 is 24.0 Å². The number of hydrogen-bond donors (Lipinski definition) is 0. The second-order valence-corrected chi connectivity index (χ2v) is 6.30. The topological polar surface area (TPSA) is 42.7 Å². The Balaban J connectivity index is 1.78. The van der Waals surface area contributed by atoms with Crippen molar-refractivity contribution in [2.45, 2.75) is 6.54 Å². The fourth-order valence-corrected chi connectivity index (χ4v) is 3.30. The summed E-state index contributed by atoms with van der Waals surface area (Å²) in [5, 5.41) is 0. The molecule has 2 heterocycles. The first kappa shape index (κ1) is 14.9. The smallest absolute Gasteiger partial charge is 0.266 e. The van der Waals surface area contributed by atoms with Gasteiger partial charge in [0.15, 0.2) is 0 Å². The number of thiocarbonyl (C=S) groups is 1. The van der Waals surface area contributed by atoms with Gasteiger partial charge in [0.1, 0.15) is 15.8 Å². The molecule has 1 aromatic heterocycles. The highest BCUT2D eigenvalue weighted by atomic mass is 32.2. The summed E-state index contributed by atoms with van der Waals surface area (Å²) in [7, 11) is 1.62. The third kappa shape index (κ3) is 3.08. The number of nitrogens with zero attached hydrogens (tertiary/aromatic N) is 1. The molecule has 112 valence electrons. The molecule has 0 N–H and O–H groups in total. The van der Waals surface area contributed by atoms with E-state index in [0.717, 1.165) is 11.3 Å². The molecular weight excluding hydrogens is 318 g/mol. The van der Waals surface area contributed by atoms with Crippen molar-refractivity contribution in [3.05, 3.63) is 58.9 Å². The predicted octanol–water partition coefficient (Wildman–Crippen LogP) is 3.69. The van der Waals surface area contributed by atoms with Crippen molar-refractivity contribution in [2.75, 3.05) is 7.11 Å². The average Bonchev–Trinajstić information content (AvgIpc) is 3.13.